The fraction of sp³-hybridized carbons (Fsp3) is 0.154. The number of para-hydroxylation sites is 1. The SMILES string of the molecule is Nc1ncnc2nc(SCCOc3ccccc3)[nH]c12. The Kier molecular flexibility index (Phi) is 3.69. The van der Waals surface area contributed by atoms with Gasteiger partial charge in [0.25, 0.3) is 0 Å². The summed E-state index contributed by atoms with van der Waals surface area (Å²) < 4.78 is 5.61. The molecule has 7 heteroatoms. The highest BCUT2D eigenvalue weighted by Gasteiger charge is 2.07. The molecule has 1 aromatic carbocycles. The van der Waals surface area contributed by atoms with Crippen LogP contribution in [0.3, 0.4) is 0 Å². The van der Waals surface area contributed by atoms with E-state index in [1.807, 2.05) is 30.3 Å². The fourth-order valence-electron chi connectivity index (χ4n) is 1.71. The number of ether oxygens (including phenoxy) is 1. The van der Waals surface area contributed by atoms with Gasteiger partial charge in [-0.1, -0.05) is 30.0 Å². The van der Waals surface area contributed by atoms with E-state index in [9.17, 15) is 0 Å². The highest BCUT2D eigenvalue weighted by molar-refractivity contribution is 7.99. The first-order valence-corrected chi connectivity index (χ1v) is 7.08. The zero-order valence-electron chi connectivity index (χ0n) is 10.6. The molecule has 3 N–H and O–H groups in total. The smallest absolute Gasteiger partial charge is 0.183 e. The first-order chi connectivity index (χ1) is 9.83. The van der Waals surface area contributed by atoms with E-state index in [1.54, 1.807) is 11.8 Å². The van der Waals surface area contributed by atoms with Crippen molar-refractivity contribution in [3.63, 3.8) is 0 Å². The van der Waals surface area contributed by atoms with Gasteiger partial charge in [-0.2, -0.15) is 0 Å². The molecule has 0 spiro atoms. The summed E-state index contributed by atoms with van der Waals surface area (Å²) in [6.07, 6.45) is 1.41. The third-order valence-corrected chi connectivity index (χ3v) is 3.47. The van der Waals surface area contributed by atoms with Crippen molar-refractivity contribution in [2.75, 3.05) is 18.1 Å². The number of hydrogen-bond acceptors (Lipinski definition) is 6. The summed E-state index contributed by atoms with van der Waals surface area (Å²) in [5.41, 5.74) is 7.01. The van der Waals surface area contributed by atoms with E-state index in [1.165, 1.54) is 6.33 Å². The number of thioether (sulfide) groups is 1. The summed E-state index contributed by atoms with van der Waals surface area (Å²) in [5, 5.41) is 0.767. The number of nitrogens with one attached hydrogen (secondary N) is 1. The number of rotatable bonds is 5. The summed E-state index contributed by atoms with van der Waals surface area (Å²) in [6, 6.07) is 9.72. The molecule has 0 aliphatic heterocycles. The quantitative estimate of drug-likeness (QED) is 0.552. The lowest BCUT2D eigenvalue weighted by Gasteiger charge is -2.04. The van der Waals surface area contributed by atoms with E-state index in [0.717, 1.165) is 16.7 Å². The molecule has 0 saturated carbocycles. The van der Waals surface area contributed by atoms with Crippen LogP contribution >= 0.6 is 11.8 Å². The molecule has 20 heavy (non-hydrogen) atoms. The molecule has 2 heterocycles. The summed E-state index contributed by atoms with van der Waals surface area (Å²) >= 11 is 1.56. The largest absolute Gasteiger partial charge is 0.493 e. The van der Waals surface area contributed by atoms with Crippen LogP contribution in [-0.4, -0.2) is 32.3 Å². The Morgan fingerprint density at radius 3 is 2.85 bits per heavy atom. The Hall–Kier alpha value is -2.28. The summed E-state index contributed by atoms with van der Waals surface area (Å²) in [7, 11) is 0. The van der Waals surface area contributed by atoms with Crippen molar-refractivity contribution in [2.45, 2.75) is 5.16 Å². The van der Waals surface area contributed by atoms with E-state index in [2.05, 4.69) is 19.9 Å². The Morgan fingerprint density at radius 1 is 1.20 bits per heavy atom. The van der Waals surface area contributed by atoms with Gasteiger partial charge in [0, 0.05) is 5.75 Å². The Labute approximate surface area is 119 Å². The van der Waals surface area contributed by atoms with Crippen LogP contribution in [0, 0.1) is 0 Å². The van der Waals surface area contributed by atoms with Crippen LogP contribution < -0.4 is 10.5 Å². The zero-order chi connectivity index (χ0) is 13.8. The Morgan fingerprint density at radius 2 is 2.05 bits per heavy atom. The molecular weight excluding hydrogens is 274 g/mol. The molecule has 0 unspecified atom stereocenters. The van der Waals surface area contributed by atoms with Gasteiger partial charge in [0.15, 0.2) is 16.6 Å². The van der Waals surface area contributed by atoms with Crippen molar-refractivity contribution in [3.8, 4) is 5.75 Å². The van der Waals surface area contributed by atoms with E-state index < -0.39 is 0 Å². The van der Waals surface area contributed by atoms with Crippen LogP contribution in [0.2, 0.25) is 0 Å². The third kappa shape index (κ3) is 2.83. The highest BCUT2D eigenvalue weighted by Crippen LogP contribution is 2.20. The van der Waals surface area contributed by atoms with Crippen molar-refractivity contribution in [1.29, 1.82) is 0 Å². The molecule has 0 radical (unpaired) electrons. The number of nitrogen functional groups attached to an aromatic ring is 1. The molecule has 3 rings (SSSR count). The number of H-pyrrole nitrogens is 1. The van der Waals surface area contributed by atoms with Crippen molar-refractivity contribution in [2.24, 2.45) is 0 Å². The van der Waals surface area contributed by atoms with Crippen LogP contribution in [0.5, 0.6) is 5.75 Å². The first kappa shape index (κ1) is 12.7. The minimum atomic E-state index is 0.412. The Balaban J connectivity index is 1.56. The van der Waals surface area contributed by atoms with Gasteiger partial charge in [-0.15, -0.1) is 0 Å². The number of aromatic amines is 1. The highest BCUT2D eigenvalue weighted by atomic mass is 32.2. The van der Waals surface area contributed by atoms with Gasteiger partial charge in [0.05, 0.1) is 6.61 Å². The van der Waals surface area contributed by atoms with Gasteiger partial charge in [0.1, 0.15) is 17.6 Å². The summed E-state index contributed by atoms with van der Waals surface area (Å²) in [6.45, 7) is 0.604. The summed E-state index contributed by atoms with van der Waals surface area (Å²) in [4.78, 5) is 15.4. The number of imidazole rings is 1. The number of nitrogens with two attached hydrogens (primary N) is 1. The van der Waals surface area contributed by atoms with Crippen molar-refractivity contribution < 1.29 is 4.74 Å². The van der Waals surface area contributed by atoms with Crippen molar-refractivity contribution in [3.05, 3.63) is 36.7 Å². The fourth-order valence-corrected chi connectivity index (χ4v) is 2.39. The van der Waals surface area contributed by atoms with Gasteiger partial charge in [-0.25, -0.2) is 15.0 Å². The van der Waals surface area contributed by atoms with E-state index in [4.69, 9.17) is 10.5 Å². The van der Waals surface area contributed by atoms with E-state index in [-0.39, 0.29) is 0 Å². The third-order valence-electron chi connectivity index (χ3n) is 2.63. The second-order valence-electron chi connectivity index (χ2n) is 4.01. The number of benzene rings is 1. The minimum Gasteiger partial charge on any atom is -0.493 e. The molecule has 0 fully saturated rings. The molecule has 0 aliphatic carbocycles. The molecule has 0 atom stereocenters. The van der Waals surface area contributed by atoms with Crippen LogP contribution in [0.4, 0.5) is 5.82 Å². The van der Waals surface area contributed by atoms with Crippen molar-refractivity contribution in [1.82, 2.24) is 19.9 Å². The van der Waals surface area contributed by atoms with Gasteiger partial charge in [0.2, 0.25) is 0 Å². The van der Waals surface area contributed by atoms with Crippen LogP contribution in [-0.2, 0) is 0 Å². The molecule has 0 amide bonds. The molecule has 2 aromatic heterocycles. The van der Waals surface area contributed by atoms with Gasteiger partial charge in [-0.3, -0.25) is 0 Å². The lowest BCUT2D eigenvalue weighted by molar-refractivity contribution is 0.344. The normalized spacial score (nSPS) is 10.8. The number of fused-ring (bicyclic) bond motifs is 1. The number of aromatic nitrogens is 4. The lowest BCUT2D eigenvalue weighted by Crippen LogP contribution is -1.99. The number of nitrogens with zero attached hydrogens (tertiary/aromatic N) is 3. The second-order valence-corrected chi connectivity index (χ2v) is 5.09. The predicted octanol–water partition coefficient (Wildman–Crippen LogP) is 2.11. The lowest BCUT2D eigenvalue weighted by atomic mass is 10.3. The standard InChI is InChI=1S/C13H13N5OS/c14-11-10-12(16-8-15-11)18-13(17-10)20-7-6-19-9-4-2-1-3-5-9/h1-5,8H,6-7H2,(H3,14,15,16,17,18). The molecule has 3 aromatic rings. The summed E-state index contributed by atoms with van der Waals surface area (Å²) in [5.74, 6) is 2.06. The molecular formula is C13H13N5OS. The topological polar surface area (TPSA) is 89.7 Å². The first-order valence-electron chi connectivity index (χ1n) is 6.10. The maximum absolute atomic E-state index is 5.74. The molecule has 0 saturated heterocycles. The van der Waals surface area contributed by atoms with Gasteiger partial charge >= 0.3 is 0 Å². The monoisotopic (exact) mass is 287 g/mol. The predicted molar refractivity (Wildman–Crippen MR) is 78.8 cm³/mol. The molecule has 102 valence electrons. The van der Waals surface area contributed by atoms with Crippen LogP contribution in [0.1, 0.15) is 0 Å². The Bertz CT molecular complexity index is 700. The average Bonchev–Trinajstić information content (AvgIpc) is 2.89. The molecule has 0 aliphatic rings. The van der Waals surface area contributed by atoms with E-state index >= 15 is 0 Å². The molecule has 6 nitrogen and oxygen atoms in total. The zero-order valence-corrected chi connectivity index (χ0v) is 11.4. The van der Waals surface area contributed by atoms with Gasteiger partial charge < -0.3 is 15.5 Å². The number of hydrogen-bond donors (Lipinski definition) is 2. The van der Waals surface area contributed by atoms with Gasteiger partial charge in [-0.05, 0) is 12.1 Å². The van der Waals surface area contributed by atoms with Crippen molar-refractivity contribution >= 4 is 28.7 Å². The minimum absolute atomic E-state index is 0.412. The van der Waals surface area contributed by atoms with E-state index in [0.29, 0.717) is 23.6 Å². The van der Waals surface area contributed by atoms with Crippen LogP contribution in [0.15, 0.2) is 41.8 Å². The molecule has 0 bridgehead atoms. The second kappa shape index (κ2) is 5.79. The number of anilines is 1. The van der Waals surface area contributed by atoms with Crippen LogP contribution in [0.25, 0.3) is 11.2 Å². The maximum atomic E-state index is 5.74. The maximum Gasteiger partial charge on any atom is 0.183 e. The average molecular weight is 287 g/mol.